The smallest absolute Gasteiger partial charge is 0.246 e. The Labute approximate surface area is 345 Å². The van der Waals surface area contributed by atoms with Crippen LogP contribution in [0.5, 0.6) is 0 Å². The lowest BCUT2D eigenvalue weighted by atomic mass is 9.94. The van der Waals surface area contributed by atoms with Crippen molar-refractivity contribution in [1.29, 1.82) is 0 Å². The molecule has 0 atom stereocenters. The number of nitrogen functional groups attached to an aromatic ring is 1. The van der Waals surface area contributed by atoms with Gasteiger partial charge in [-0.15, -0.1) is 0 Å². The second-order valence-corrected chi connectivity index (χ2v) is 16.5. The molecule has 0 radical (unpaired) electrons. The second-order valence-electron chi connectivity index (χ2n) is 13.4. The number of amides is 1. The summed E-state index contributed by atoms with van der Waals surface area (Å²) in [5.41, 5.74) is 7.04. The van der Waals surface area contributed by atoms with Gasteiger partial charge in [-0.2, -0.15) is 4.98 Å². The molecule has 58 heavy (non-hydrogen) atoms. The Bertz CT molecular complexity index is 2270. The van der Waals surface area contributed by atoms with Crippen molar-refractivity contribution < 1.29 is 50.6 Å². The fourth-order valence-corrected chi connectivity index (χ4v) is 7.78. The summed E-state index contributed by atoms with van der Waals surface area (Å²) in [4.78, 5) is 49.3. The first-order valence-electron chi connectivity index (χ1n) is 18.1. The first kappa shape index (κ1) is 43.0. The topological polar surface area (TPSA) is 203 Å². The minimum atomic E-state index is -3.42. The normalized spacial score (nSPS) is 15.6. The Morgan fingerprint density at radius 1 is 1.02 bits per heavy atom. The second kappa shape index (κ2) is 19.0. The van der Waals surface area contributed by atoms with Crippen molar-refractivity contribution in [2.75, 3.05) is 80.5 Å². The third-order valence-corrected chi connectivity index (χ3v) is 11.2. The van der Waals surface area contributed by atoms with E-state index in [0.717, 1.165) is 16.7 Å². The molecular weight excluding hydrogens is 900 g/mol. The lowest BCUT2D eigenvalue weighted by Gasteiger charge is -2.28. The van der Waals surface area contributed by atoms with Gasteiger partial charge in [-0.25, -0.2) is 41.6 Å². The molecule has 7 rings (SSSR count). The first-order chi connectivity index (χ1) is 27.7. The van der Waals surface area contributed by atoms with Crippen molar-refractivity contribution in [2.45, 2.75) is 32.2 Å². The Morgan fingerprint density at radius 2 is 1.76 bits per heavy atom. The summed E-state index contributed by atoms with van der Waals surface area (Å²) in [7, 11) is -3.42. The number of aliphatic hydroxyl groups is 1. The summed E-state index contributed by atoms with van der Waals surface area (Å²) < 4.78 is 81.1. The molecule has 4 aromatic rings. The number of hydroxylamine groups is 2. The van der Waals surface area contributed by atoms with Crippen LogP contribution < -0.4 is 14.9 Å². The highest BCUT2D eigenvalue weighted by Crippen LogP contribution is 2.36. The number of hydrogen-bond donors (Lipinski definition) is 2. The SMILES string of the molecule is CS(=O)(=O)N1CCc2c(-c3cnc(N)nc3)nc(N3CCOCC3)nc21.O=C(COCCO)c1cc(CN2OCCCC2=O)c(F)c(F)c1Cc1ccc(I)cc1F. The largest absolute Gasteiger partial charge is 0.394 e. The van der Waals surface area contributed by atoms with E-state index in [4.69, 9.17) is 30.1 Å². The minimum absolute atomic E-state index is 0.0938. The van der Waals surface area contributed by atoms with Gasteiger partial charge in [-0.1, -0.05) is 6.07 Å². The van der Waals surface area contributed by atoms with Crippen molar-refractivity contribution >= 4 is 62.0 Å². The Hall–Kier alpha value is -4.55. The summed E-state index contributed by atoms with van der Waals surface area (Å²) in [5.74, 6) is -3.10. The summed E-state index contributed by atoms with van der Waals surface area (Å²) in [5, 5.41) is 9.79. The number of morpholine rings is 1. The van der Waals surface area contributed by atoms with Gasteiger partial charge in [-0.3, -0.25) is 18.7 Å². The molecule has 2 aromatic heterocycles. The van der Waals surface area contributed by atoms with Crippen LogP contribution in [0.4, 0.5) is 30.9 Å². The molecule has 5 heterocycles. The number of Topliss-reactive ketones (excluding diaryl/α,β-unsaturated/α-hetero) is 1. The van der Waals surface area contributed by atoms with Crippen LogP contribution in [0, 0.1) is 21.0 Å². The number of nitrogens with zero attached hydrogens (tertiary/aromatic N) is 7. The number of carbonyl (C=O) groups is 2. The number of benzene rings is 2. The number of sulfonamides is 1. The van der Waals surface area contributed by atoms with Crippen LogP contribution in [0.25, 0.3) is 11.3 Å². The predicted octanol–water partition coefficient (Wildman–Crippen LogP) is 3.22. The molecular formula is C37H40F3IN8O8S. The standard InChI is InChI=1S/C22H21F3INO5.C15H19N7O3S/c23-18-10-15(26)4-3-13(18)8-17-16(19(29)12-31-7-5-28)9-14(21(24)22(17)25)11-27-20(30)2-1-6-32-27;1-26(23,24)22-3-2-11-12(10-8-17-14(16)18-9-10)19-15(20-13(11)22)21-4-6-25-7-5-21/h3-4,9-10,28H,1-2,5-8,11-12H2;8-9H,2-7H2,1H3,(H2,16,17,18). The Morgan fingerprint density at radius 3 is 2.43 bits per heavy atom. The lowest BCUT2D eigenvalue weighted by molar-refractivity contribution is -0.202. The molecule has 3 aliphatic heterocycles. The summed E-state index contributed by atoms with van der Waals surface area (Å²) >= 11 is 1.92. The molecule has 0 bridgehead atoms. The molecule has 0 spiro atoms. The zero-order chi connectivity index (χ0) is 41.6. The number of anilines is 3. The average molecular weight is 941 g/mol. The van der Waals surface area contributed by atoms with Crippen LogP contribution >= 0.6 is 22.6 Å². The third kappa shape index (κ3) is 10.2. The van der Waals surface area contributed by atoms with Gasteiger partial charge in [0, 0.05) is 76.3 Å². The molecule has 310 valence electrons. The molecule has 0 saturated carbocycles. The molecule has 0 aliphatic carbocycles. The van der Waals surface area contributed by atoms with E-state index >= 15 is 4.39 Å². The zero-order valence-corrected chi connectivity index (χ0v) is 34.3. The van der Waals surface area contributed by atoms with E-state index in [2.05, 4.69) is 15.0 Å². The fourth-order valence-electron chi connectivity index (χ4n) is 6.44. The van der Waals surface area contributed by atoms with Crippen molar-refractivity contribution in [2.24, 2.45) is 0 Å². The number of carbonyl (C=O) groups excluding carboxylic acids is 2. The summed E-state index contributed by atoms with van der Waals surface area (Å²) in [6.45, 7) is 1.78. The highest BCUT2D eigenvalue weighted by Gasteiger charge is 2.33. The molecule has 2 aromatic carbocycles. The van der Waals surface area contributed by atoms with E-state index in [1.54, 1.807) is 18.5 Å². The van der Waals surface area contributed by atoms with Crippen LogP contribution in [-0.2, 0) is 48.5 Å². The molecule has 1 amide bonds. The molecule has 3 aliphatic rings. The quantitative estimate of drug-likeness (QED) is 0.119. The van der Waals surface area contributed by atoms with E-state index in [-0.39, 0.29) is 73.3 Å². The number of fused-ring (bicyclic) bond motifs is 1. The average Bonchev–Trinajstić information content (AvgIpc) is 3.65. The molecule has 16 nitrogen and oxygen atoms in total. The summed E-state index contributed by atoms with van der Waals surface area (Å²) in [6, 6.07) is 5.46. The minimum Gasteiger partial charge on any atom is -0.394 e. The molecule has 21 heteroatoms. The van der Waals surface area contributed by atoms with Gasteiger partial charge < -0.3 is 25.2 Å². The van der Waals surface area contributed by atoms with E-state index < -0.39 is 39.9 Å². The number of ketones is 1. The van der Waals surface area contributed by atoms with E-state index in [1.165, 1.54) is 22.7 Å². The summed E-state index contributed by atoms with van der Waals surface area (Å²) in [6.07, 6.45) is 5.30. The van der Waals surface area contributed by atoms with E-state index in [0.29, 0.717) is 72.3 Å². The number of hydrogen-bond acceptors (Lipinski definition) is 14. The molecule has 2 saturated heterocycles. The van der Waals surface area contributed by atoms with Gasteiger partial charge in [-0.05, 0) is 59.2 Å². The molecule has 2 fully saturated rings. The number of halogens is 4. The Balaban J connectivity index is 0.000000199. The Kier molecular flexibility index (Phi) is 14.1. The monoisotopic (exact) mass is 940 g/mol. The number of aromatic nitrogens is 4. The number of aliphatic hydroxyl groups excluding tert-OH is 1. The maximum absolute atomic E-state index is 15.1. The highest BCUT2D eigenvalue weighted by atomic mass is 127. The van der Waals surface area contributed by atoms with Gasteiger partial charge in [0.15, 0.2) is 23.2 Å². The van der Waals surface area contributed by atoms with Crippen LogP contribution in [0.3, 0.4) is 0 Å². The van der Waals surface area contributed by atoms with Crippen LogP contribution in [0.15, 0.2) is 36.7 Å². The fraction of sp³-hybridized carbons (Fsp3) is 0.405. The third-order valence-electron chi connectivity index (χ3n) is 9.32. The van der Waals surface area contributed by atoms with Crippen molar-refractivity contribution in [3.8, 4) is 11.3 Å². The van der Waals surface area contributed by atoms with Gasteiger partial charge in [0.1, 0.15) is 12.4 Å². The van der Waals surface area contributed by atoms with Crippen molar-refractivity contribution in [1.82, 2.24) is 25.0 Å². The molecule has 3 N–H and O–H groups in total. The van der Waals surface area contributed by atoms with Crippen molar-refractivity contribution in [3.63, 3.8) is 0 Å². The van der Waals surface area contributed by atoms with E-state index in [9.17, 15) is 26.8 Å². The highest BCUT2D eigenvalue weighted by molar-refractivity contribution is 14.1. The zero-order valence-electron chi connectivity index (χ0n) is 31.3. The van der Waals surface area contributed by atoms with Gasteiger partial charge in [0.2, 0.25) is 27.8 Å². The van der Waals surface area contributed by atoms with Gasteiger partial charge in [0.05, 0.1) is 51.5 Å². The number of nitrogens with two attached hydrogens (primary N) is 1. The van der Waals surface area contributed by atoms with Gasteiger partial charge in [0.25, 0.3) is 0 Å². The first-order valence-corrected chi connectivity index (χ1v) is 21.1. The van der Waals surface area contributed by atoms with Crippen LogP contribution in [-0.4, -0.2) is 116 Å². The maximum Gasteiger partial charge on any atom is 0.246 e. The van der Waals surface area contributed by atoms with E-state index in [1.807, 2.05) is 27.5 Å². The van der Waals surface area contributed by atoms with Crippen LogP contribution in [0.2, 0.25) is 0 Å². The maximum atomic E-state index is 15.1. The number of ether oxygens (including phenoxy) is 2. The lowest BCUT2D eigenvalue weighted by Crippen LogP contribution is -2.38. The predicted molar refractivity (Wildman–Crippen MR) is 213 cm³/mol. The van der Waals surface area contributed by atoms with Crippen molar-refractivity contribution in [3.05, 3.63) is 85.5 Å². The van der Waals surface area contributed by atoms with Crippen LogP contribution in [0.1, 0.15) is 45.5 Å². The molecule has 0 unspecified atom stereocenters. The number of rotatable bonds is 12. The van der Waals surface area contributed by atoms with Gasteiger partial charge >= 0.3 is 0 Å².